The third-order valence-corrected chi connectivity index (χ3v) is 6.14. The second kappa shape index (κ2) is 12.8. The minimum atomic E-state index is -0.400. The maximum absolute atomic E-state index is 6.47. The highest BCUT2D eigenvalue weighted by atomic mass is 16.7. The average Bonchev–Trinajstić information content (AvgIpc) is 2.89. The predicted molar refractivity (Wildman–Crippen MR) is 131 cm³/mol. The van der Waals surface area contributed by atoms with E-state index in [1.807, 2.05) is 54.6 Å². The van der Waals surface area contributed by atoms with Gasteiger partial charge in [0.25, 0.3) is 0 Å². The lowest BCUT2D eigenvalue weighted by molar-refractivity contribution is -0.296. The van der Waals surface area contributed by atoms with Crippen molar-refractivity contribution in [2.45, 2.75) is 51.3 Å². The highest BCUT2D eigenvalue weighted by Gasteiger charge is 2.45. The molecule has 1 saturated heterocycles. The Labute approximate surface area is 202 Å². The number of hydrogen-bond acceptors (Lipinski definition) is 5. The minimum absolute atomic E-state index is 0.0140. The summed E-state index contributed by atoms with van der Waals surface area (Å²) < 4.78 is 31.0. The lowest BCUT2D eigenvalue weighted by Crippen LogP contribution is -2.57. The molecular weight excluding hydrogens is 428 g/mol. The number of benzene rings is 3. The van der Waals surface area contributed by atoms with Crippen molar-refractivity contribution >= 4 is 0 Å². The molecule has 0 amide bonds. The summed E-state index contributed by atoms with van der Waals surface area (Å²) in [5.74, 6) is -0.0140. The van der Waals surface area contributed by atoms with Gasteiger partial charge in [0.05, 0.1) is 32.5 Å². The van der Waals surface area contributed by atoms with Gasteiger partial charge in [0.15, 0.2) is 6.29 Å². The summed E-state index contributed by atoms with van der Waals surface area (Å²) in [4.78, 5) is 0. The van der Waals surface area contributed by atoms with Crippen LogP contribution in [0, 0.1) is 5.92 Å². The molecule has 3 aromatic rings. The molecule has 0 unspecified atom stereocenters. The summed E-state index contributed by atoms with van der Waals surface area (Å²) in [6.45, 7) is 3.94. The van der Waals surface area contributed by atoms with Crippen LogP contribution >= 0.6 is 0 Å². The molecular formula is C29H34O5. The molecule has 5 heteroatoms. The van der Waals surface area contributed by atoms with E-state index in [9.17, 15) is 0 Å². The van der Waals surface area contributed by atoms with E-state index in [0.717, 1.165) is 16.7 Å². The Morgan fingerprint density at radius 2 is 1.12 bits per heavy atom. The van der Waals surface area contributed by atoms with Crippen LogP contribution in [-0.2, 0) is 43.5 Å². The molecule has 0 saturated carbocycles. The van der Waals surface area contributed by atoms with E-state index in [-0.39, 0.29) is 24.2 Å². The molecule has 4 rings (SSSR count). The van der Waals surface area contributed by atoms with E-state index in [1.54, 1.807) is 7.11 Å². The monoisotopic (exact) mass is 462 g/mol. The SMILES string of the molecule is CO[C@H]1O[C@H](COCc2ccccc2)[C@@H](OCc2ccccc2)[C@H](OCc2ccccc2)[C@@H]1C. The van der Waals surface area contributed by atoms with Gasteiger partial charge < -0.3 is 23.7 Å². The molecule has 3 aromatic carbocycles. The van der Waals surface area contributed by atoms with E-state index in [4.69, 9.17) is 23.7 Å². The van der Waals surface area contributed by atoms with E-state index in [0.29, 0.717) is 26.4 Å². The molecule has 0 aromatic heterocycles. The Morgan fingerprint density at radius 1 is 0.647 bits per heavy atom. The second-order valence-corrected chi connectivity index (χ2v) is 8.66. The van der Waals surface area contributed by atoms with Crippen molar-refractivity contribution in [2.24, 2.45) is 5.92 Å². The van der Waals surface area contributed by atoms with Gasteiger partial charge in [0.1, 0.15) is 12.2 Å². The number of ether oxygens (including phenoxy) is 5. The van der Waals surface area contributed by atoms with Gasteiger partial charge in [-0.05, 0) is 16.7 Å². The lowest BCUT2D eigenvalue weighted by atomic mass is 9.91. The summed E-state index contributed by atoms with van der Waals surface area (Å²) in [6.07, 6.45) is -1.24. The van der Waals surface area contributed by atoms with E-state index in [1.165, 1.54) is 0 Å². The van der Waals surface area contributed by atoms with E-state index < -0.39 is 6.29 Å². The number of rotatable bonds is 11. The molecule has 1 aliphatic rings. The van der Waals surface area contributed by atoms with Gasteiger partial charge in [0, 0.05) is 13.0 Å². The predicted octanol–water partition coefficient (Wildman–Crippen LogP) is 5.38. The summed E-state index contributed by atoms with van der Waals surface area (Å²) in [5.41, 5.74) is 3.34. The van der Waals surface area contributed by atoms with Gasteiger partial charge in [-0.2, -0.15) is 0 Å². The van der Waals surface area contributed by atoms with Crippen molar-refractivity contribution in [1.82, 2.24) is 0 Å². The Hall–Kier alpha value is -2.54. The summed E-state index contributed by atoms with van der Waals surface area (Å²) in [7, 11) is 1.67. The van der Waals surface area contributed by atoms with Crippen molar-refractivity contribution in [3.05, 3.63) is 108 Å². The maximum atomic E-state index is 6.47. The highest BCUT2D eigenvalue weighted by Crippen LogP contribution is 2.32. The second-order valence-electron chi connectivity index (χ2n) is 8.66. The fourth-order valence-electron chi connectivity index (χ4n) is 4.29. The van der Waals surface area contributed by atoms with E-state index in [2.05, 4.69) is 43.3 Å². The Bertz CT molecular complexity index is 950. The molecule has 0 spiro atoms. The molecule has 0 aliphatic carbocycles. The topological polar surface area (TPSA) is 46.2 Å². The normalized spacial score (nSPS) is 24.7. The first kappa shape index (κ1) is 24.6. The molecule has 1 aliphatic heterocycles. The molecule has 1 heterocycles. The maximum Gasteiger partial charge on any atom is 0.162 e. The smallest absolute Gasteiger partial charge is 0.162 e. The van der Waals surface area contributed by atoms with Gasteiger partial charge in [-0.15, -0.1) is 0 Å². The minimum Gasteiger partial charge on any atom is -0.374 e. The fraction of sp³-hybridized carbons (Fsp3) is 0.379. The molecule has 180 valence electrons. The molecule has 0 radical (unpaired) electrons. The molecule has 5 atom stereocenters. The molecule has 0 N–H and O–H groups in total. The zero-order valence-corrected chi connectivity index (χ0v) is 19.9. The van der Waals surface area contributed by atoms with Gasteiger partial charge >= 0.3 is 0 Å². The van der Waals surface area contributed by atoms with Crippen molar-refractivity contribution in [3.63, 3.8) is 0 Å². The van der Waals surface area contributed by atoms with Gasteiger partial charge in [-0.1, -0.05) is 97.9 Å². The number of methoxy groups -OCH3 is 1. The molecule has 0 bridgehead atoms. The largest absolute Gasteiger partial charge is 0.374 e. The third kappa shape index (κ3) is 6.75. The van der Waals surface area contributed by atoms with Crippen molar-refractivity contribution in [1.29, 1.82) is 0 Å². The number of hydrogen-bond donors (Lipinski definition) is 0. The van der Waals surface area contributed by atoms with Crippen molar-refractivity contribution in [2.75, 3.05) is 13.7 Å². The summed E-state index contributed by atoms with van der Waals surface area (Å²) in [5, 5.41) is 0. The van der Waals surface area contributed by atoms with E-state index >= 15 is 0 Å². The molecule has 34 heavy (non-hydrogen) atoms. The zero-order chi connectivity index (χ0) is 23.6. The first-order chi connectivity index (χ1) is 16.7. The quantitative estimate of drug-likeness (QED) is 0.383. The Balaban J connectivity index is 1.48. The first-order valence-corrected chi connectivity index (χ1v) is 11.9. The lowest BCUT2D eigenvalue weighted by Gasteiger charge is -2.44. The fourth-order valence-corrected chi connectivity index (χ4v) is 4.29. The Morgan fingerprint density at radius 3 is 1.62 bits per heavy atom. The van der Waals surface area contributed by atoms with Crippen LogP contribution in [0.2, 0.25) is 0 Å². The van der Waals surface area contributed by atoms with Crippen LogP contribution in [-0.4, -0.2) is 38.3 Å². The summed E-state index contributed by atoms with van der Waals surface area (Å²) >= 11 is 0. The highest BCUT2D eigenvalue weighted by molar-refractivity contribution is 5.15. The summed E-state index contributed by atoms with van der Waals surface area (Å²) in [6, 6.07) is 30.5. The van der Waals surface area contributed by atoms with Crippen LogP contribution in [0.25, 0.3) is 0 Å². The van der Waals surface area contributed by atoms with Gasteiger partial charge in [0.2, 0.25) is 0 Å². The van der Waals surface area contributed by atoms with Crippen LogP contribution in [0.4, 0.5) is 0 Å². The molecule has 1 fully saturated rings. The van der Waals surface area contributed by atoms with Crippen LogP contribution in [0.5, 0.6) is 0 Å². The van der Waals surface area contributed by atoms with Gasteiger partial charge in [-0.3, -0.25) is 0 Å². The third-order valence-electron chi connectivity index (χ3n) is 6.14. The van der Waals surface area contributed by atoms with Crippen LogP contribution in [0.15, 0.2) is 91.0 Å². The first-order valence-electron chi connectivity index (χ1n) is 11.9. The zero-order valence-electron chi connectivity index (χ0n) is 19.9. The van der Waals surface area contributed by atoms with Crippen molar-refractivity contribution in [3.8, 4) is 0 Å². The molecule has 5 nitrogen and oxygen atoms in total. The van der Waals surface area contributed by atoms with Crippen molar-refractivity contribution < 1.29 is 23.7 Å². The standard InChI is InChI=1S/C29H34O5/c1-22-27(32-19-24-14-8-4-9-15-24)28(33-20-25-16-10-5-11-17-25)26(34-29(22)30-2)21-31-18-23-12-6-3-7-13-23/h3-17,22,26-29H,18-21H2,1-2H3/t22-,26+,27+,28+,29-/m0/s1. The Kier molecular flexibility index (Phi) is 9.25. The van der Waals surface area contributed by atoms with Crippen LogP contribution in [0.1, 0.15) is 23.6 Å². The van der Waals surface area contributed by atoms with Gasteiger partial charge in [-0.25, -0.2) is 0 Å². The van der Waals surface area contributed by atoms with Crippen LogP contribution < -0.4 is 0 Å². The average molecular weight is 463 g/mol. The van der Waals surface area contributed by atoms with Crippen LogP contribution in [0.3, 0.4) is 0 Å².